The number of amides is 1. The van der Waals surface area contributed by atoms with Crippen LogP contribution in [0.25, 0.3) is 0 Å². The molecule has 2 rings (SSSR count). The maximum atomic E-state index is 13.6. The van der Waals surface area contributed by atoms with Gasteiger partial charge in [-0.15, -0.1) is 0 Å². The molecule has 0 atom stereocenters. The number of pyridine rings is 1. The van der Waals surface area contributed by atoms with Crippen molar-refractivity contribution < 1.29 is 9.18 Å². The number of nitrogens with zero attached hydrogens (tertiary/aromatic N) is 2. The van der Waals surface area contributed by atoms with Crippen molar-refractivity contribution >= 4 is 5.91 Å². The first-order chi connectivity index (χ1) is 10.8. The van der Waals surface area contributed by atoms with Crippen molar-refractivity contribution in [3.05, 3.63) is 65.2 Å². The first-order valence-electron chi connectivity index (χ1n) is 7.71. The van der Waals surface area contributed by atoms with Gasteiger partial charge in [-0.3, -0.25) is 9.78 Å². The molecule has 0 aliphatic heterocycles. The molecule has 0 aliphatic carbocycles. The Labute approximate surface area is 137 Å². The fraction of sp³-hybridized carbons (Fsp3) is 0.368. The zero-order valence-corrected chi connectivity index (χ0v) is 14.1. The Bertz CT molecular complexity index is 692. The summed E-state index contributed by atoms with van der Waals surface area (Å²) in [5.74, 6) is -0.587. The van der Waals surface area contributed by atoms with Crippen molar-refractivity contribution in [1.82, 2.24) is 9.88 Å². The fourth-order valence-electron chi connectivity index (χ4n) is 2.56. The average molecular weight is 314 g/mol. The lowest BCUT2D eigenvalue weighted by Gasteiger charge is -2.25. The van der Waals surface area contributed by atoms with Crippen LogP contribution in [0.1, 0.15) is 37.6 Å². The van der Waals surface area contributed by atoms with Crippen LogP contribution in [0, 0.1) is 5.82 Å². The fourth-order valence-corrected chi connectivity index (χ4v) is 2.56. The third-order valence-corrected chi connectivity index (χ3v) is 3.81. The molecule has 0 aliphatic rings. The number of hydrogen-bond donors (Lipinski definition) is 0. The van der Waals surface area contributed by atoms with Gasteiger partial charge in [-0.05, 0) is 28.7 Å². The number of benzene rings is 1. The first-order valence-corrected chi connectivity index (χ1v) is 7.71. The molecule has 0 saturated carbocycles. The van der Waals surface area contributed by atoms with Gasteiger partial charge in [0, 0.05) is 19.8 Å². The highest BCUT2D eigenvalue weighted by Crippen LogP contribution is 2.26. The van der Waals surface area contributed by atoms with Crippen LogP contribution >= 0.6 is 0 Å². The summed E-state index contributed by atoms with van der Waals surface area (Å²) in [5, 5.41) is 0. The lowest BCUT2D eigenvalue weighted by atomic mass is 9.83. The van der Waals surface area contributed by atoms with Crippen LogP contribution in [0.5, 0.6) is 0 Å². The lowest BCUT2D eigenvalue weighted by Crippen LogP contribution is -2.29. The van der Waals surface area contributed by atoms with Gasteiger partial charge in [-0.2, -0.15) is 0 Å². The Morgan fingerprint density at radius 3 is 2.52 bits per heavy atom. The van der Waals surface area contributed by atoms with Gasteiger partial charge in [-0.1, -0.05) is 45.0 Å². The summed E-state index contributed by atoms with van der Waals surface area (Å²) in [6, 6.07) is 10.9. The molecule has 23 heavy (non-hydrogen) atoms. The van der Waals surface area contributed by atoms with Gasteiger partial charge in [0.15, 0.2) is 0 Å². The number of halogens is 1. The van der Waals surface area contributed by atoms with Gasteiger partial charge < -0.3 is 4.90 Å². The molecule has 1 aromatic heterocycles. The monoisotopic (exact) mass is 314 g/mol. The maximum Gasteiger partial charge on any atom is 0.228 e. The minimum Gasteiger partial charge on any atom is -0.341 e. The Kier molecular flexibility index (Phi) is 5.14. The van der Waals surface area contributed by atoms with Crippen LogP contribution in [0.3, 0.4) is 0 Å². The molecule has 4 heteroatoms. The van der Waals surface area contributed by atoms with Crippen molar-refractivity contribution in [3.8, 4) is 0 Å². The highest BCUT2D eigenvalue weighted by molar-refractivity contribution is 5.78. The molecule has 3 nitrogen and oxygen atoms in total. The molecule has 0 unspecified atom stereocenters. The van der Waals surface area contributed by atoms with E-state index in [0.717, 1.165) is 5.56 Å². The van der Waals surface area contributed by atoms with E-state index in [1.807, 2.05) is 18.2 Å². The first kappa shape index (κ1) is 17.1. The standard InChI is InChI=1S/C19H23FN2O/c1-19(2,3)15-9-6-5-8-14(15)13-22(4)18(23)12-17-16(20)10-7-11-21-17/h5-11H,12-13H2,1-4H3. The number of aromatic nitrogens is 1. The smallest absolute Gasteiger partial charge is 0.228 e. The Morgan fingerprint density at radius 2 is 1.87 bits per heavy atom. The highest BCUT2D eigenvalue weighted by Gasteiger charge is 2.20. The van der Waals surface area contributed by atoms with Crippen LogP contribution in [0.4, 0.5) is 4.39 Å². The van der Waals surface area contributed by atoms with Gasteiger partial charge in [-0.25, -0.2) is 4.39 Å². The summed E-state index contributed by atoms with van der Waals surface area (Å²) in [5.41, 5.74) is 2.52. The topological polar surface area (TPSA) is 33.2 Å². The van der Waals surface area contributed by atoms with E-state index < -0.39 is 5.82 Å². The number of carbonyl (C=O) groups excluding carboxylic acids is 1. The predicted octanol–water partition coefficient (Wildman–Crippen LogP) is 3.72. The quantitative estimate of drug-likeness (QED) is 0.862. The van der Waals surface area contributed by atoms with Crippen LogP contribution in [0.2, 0.25) is 0 Å². The Hall–Kier alpha value is -2.23. The molecular weight excluding hydrogens is 291 g/mol. The molecule has 0 N–H and O–H groups in total. The van der Waals surface area contributed by atoms with Crippen LogP contribution in [-0.4, -0.2) is 22.8 Å². The second kappa shape index (κ2) is 6.90. The highest BCUT2D eigenvalue weighted by atomic mass is 19.1. The van der Waals surface area contributed by atoms with Crippen molar-refractivity contribution in [2.24, 2.45) is 0 Å². The molecule has 0 fully saturated rings. The van der Waals surface area contributed by atoms with Crippen molar-refractivity contribution in [2.45, 2.75) is 39.2 Å². The molecule has 122 valence electrons. The molecule has 1 aromatic carbocycles. The number of hydrogen-bond acceptors (Lipinski definition) is 2. The molecule has 0 bridgehead atoms. The van der Waals surface area contributed by atoms with Crippen LogP contribution in [0.15, 0.2) is 42.6 Å². The van der Waals surface area contributed by atoms with E-state index in [1.54, 1.807) is 11.9 Å². The van der Waals surface area contributed by atoms with E-state index in [0.29, 0.717) is 6.54 Å². The summed E-state index contributed by atoms with van der Waals surface area (Å²) >= 11 is 0. The van der Waals surface area contributed by atoms with Crippen molar-refractivity contribution in [3.63, 3.8) is 0 Å². The molecule has 0 radical (unpaired) electrons. The van der Waals surface area contributed by atoms with E-state index in [-0.39, 0.29) is 23.4 Å². The zero-order valence-electron chi connectivity index (χ0n) is 14.1. The van der Waals surface area contributed by atoms with Crippen LogP contribution < -0.4 is 0 Å². The molecule has 2 aromatic rings. The minimum atomic E-state index is -0.440. The van der Waals surface area contributed by atoms with E-state index >= 15 is 0 Å². The van der Waals surface area contributed by atoms with Gasteiger partial charge in [0.05, 0.1) is 12.1 Å². The molecular formula is C19H23FN2O. The zero-order chi connectivity index (χ0) is 17.0. The maximum absolute atomic E-state index is 13.6. The van der Waals surface area contributed by atoms with E-state index in [9.17, 15) is 9.18 Å². The number of carbonyl (C=O) groups is 1. The molecule has 1 amide bonds. The van der Waals surface area contributed by atoms with Gasteiger partial charge >= 0.3 is 0 Å². The summed E-state index contributed by atoms with van der Waals surface area (Å²) in [4.78, 5) is 17.9. The predicted molar refractivity (Wildman–Crippen MR) is 89.5 cm³/mol. The van der Waals surface area contributed by atoms with E-state index in [1.165, 1.54) is 23.9 Å². The summed E-state index contributed by atoms with van der Waals surface area (Å²) in [6.07, 6.45) is 1.47. The third kappa shape index (κ3) is 4.38. The minimum absolute atomic E-state index is 0.00751. The molecule has 1 heterocycles. The van der Waals surface area contributed by atoms with Crippen LogP contribution in [-0.2, 0) is 23.2 Å². The normalized spacial score (nSPS) is 11.3. The molecule has 0 saturated heterocycles. The number of likely N-dealkylation sites (N-methyl/N-ethyl adjacent to an activating group) is 1. The summed E-state index contributed by atoms with van der Waals surface area (Å²) in [6.45, 7) is 6.95. The largest absolute Gasteiger partial charge is 0.341 e. The number of rotatable bonds is 4. The second-order valence-corrected chi connectivity index (χ2v) is 6.77. The second-order valence-electron chi connectivity index (χ2n) is 6.77. The molecule has 0 spiro atoms. The SMILES string of the molecule is CN(Cc1ccccc1C(C)(C)C)C(=O)Cc1ncccc1F. The van der Waals surface area contributed by atoms with E-state index in [2.05, 4.69) is 31.8 Å². The Morgan fingerprint density at radius 1 is 1.17 bits per heavy atom. The Balaban J connectivity index is 2.12. The van der Waals surface area contributed by atoms with E-state index in [4.69, 9.17) is 0 Å². The van der Waals surface area contributed by atoms with Gasteiger partial charge in [0.2, 0.25) is 5.91 Å². The van der Waals surface area contributed by atoms with Gasteiger partial charge in [0.25, 0.3) is 0 Å². The summed E-state index contributed by atoms with van der Waals surface area (Å²) < 4.78 is 13.6. The third-order valence-electron chi connectivity index (χ3n) is 3.81. The van der Waals surface area contributed by atoms with Crippen molar-refractivity contribution in [1.29, 1.82) is 0 Å². The van der Waals surface area contributed by atoms with Gasteiger partial charge in [0.1, 0.15) is 5.82 Å². The summed E-state index contributed by atoms with van der Waals surface area (Å²) in [7, 11) is 1.74. The van der Waals surface area contributed by atoms with Crippen molar-refractivity contribution in [2.75, 3.05) is 7.05 Å². The lowest BCUT2D eigenvalue weighted by molar-refractivity contribution is -0.129. The average Bonchev–Trinajstić information content (AvgIpc) is 2.49.